The molecule has 4 aromatic carbocycles. The van der Waals surface area contributed by atoms with Crippen molar-refractivity contribution in [3.8, 4) is 0 Å². The highest BCUT2D eigenvalue weighted by Crippen LogP contribution is 2.25. The number of nitrogens with two attached hydrogens (primary N) is 2. The second kappa shape index (κ2) is 37.2. The van der Waals surface area contributed by atoms with Crippen LogP contribution in [0.15, 0.2) is 115 Å². The number of ketones is 1. The monoisotopic (exact) mass is 1280 g/mol. The van der Waals surface area contributed by atoms with Gasteiger partial charge in [0.15, 0.2) is 5.78 Å². The number of aromatic nitrogens is 1. The van der Waals surface area contributed by atoms with E-state index in [1.165, 1.54) is 38.8 Å². The molecule has 15 N–H and O–H groups in total. The van der Waals surface area contributed by atoms with Crippen LogP contribution in [0.3, 0.4) is 0 Å². The molecular formula is C65H88FN11O11S2. The van der Waals surface area contributed by atoms with Gasteiger partial charge in [0, 0.05) is 53.4 Å². The maximum Gasteiger partial charge on any atom is 0.245 e. The van der Waals surface area contributed by atoms with Gasteiger partial charge >= 0.3 is 0 Å². The van der Waals surface area contributed by atoms with Gasteiger partial charge < -0.3 is 73.9 Å². The van der Waals surface area contributed by atoms with E-state index in [1.807, 2.05) is 30.3 Å². The van der Waals surface area contributed by atoms with Crippen LogP contribution in [0.25, 0.3) is 10.9 Å². The van der Waals surface area contributed by atoms with E-state index in [4.69, 9.17) is 11.5 Å². The number of halogens is 1. The summed E-state index contributed by atoms with van der Waals surface area (Å²) in [6.45, 7) is 7.84. The van der Waals surface area contributed by atoms with Crippen molar-refractivity contribution in [2.24, 2.45) is 17.4 Å². The molecule has 0 spiro atoms. The molecule has 2 saturated heterocycles. The van der Waals surface area contributed by atoms with E-state index in [0.29, 0.717) is 36.0 Å². The lowest BCUT2D eigenvalue weighted by molar-refractivity contribution is -0.136. The molecule has 1 aromatic heterocycles. The van der Waals surface area contributed by atoms with Crippen molar-refractivity contribution in [1.29, 1.82) is 0 Å². The predicted octanol–water partition coefficient (Wildman–Crippen LogP) is 2.72. The summed E-state index contributed by atoms with van der Waals surface area (Å²) in [6.07, 6.45) is 3.83. The Morgan fingerprint density at radius 1 is 0.711 bits per heavy atom. The van der Waals surface area contributed by atoms with Gasteiger partial charge in [-0.15, -0.1) is 0 Å². The van der Waals surface area contributed by atoms with Gasteiger partial charge in [-0.05, 0) is 138 Å². The Labute approximate surface area is 532 Å². The topological polar surface area (TPSA) is 353 Å². The second-order valence-electron chi connectivity index (χ2n) is 23.0. The number of aliphatic hydroxyl groups is 3. The standard InChI is InChI=1S/C49H66N10O10S2.C16H22FNO/c1-28(61)39(25-60)56-48(68)41-27-71-70-26-40(57-43(63)34(51)21-30-13-5-3-6-14-30)47(67)54-37(22-31-15-7-4-8-16-31)45(65)55-38(23-32-24-52-35-18-10-9-17-33(32)35)46(66)53-36(19-11-12-20-50)44(64)59-42(29(2)62)49(69)58-41;1-13-8-11-18(12-9-13)10-2-3-16(19)14-4-6-15(17)7-5-14/h3-10,13-18,24,28-29,34,36-42,52,60-62H,11-12,19-23,25-27,50-51H2,1-2H3,(H,53,66)(H,54,67)(H,55,65)(H,56,68)(H,57,63)(H,58,69)(H,59,64);4-7,13H,2-3,8-12H2,1H3/t28-,29?,34-,36+,37+,38-,39-,40+,41+,42+;/m1./s1. The number of piperidine rings is 1. The summed E-state index contributed by atoms with van der Waals surface area (Å²) in [5.74, 6) is -5.34. The maximum atomic E-state index is 14.7. The fourth-order valence-electron chi connectivity index (χ4n) is 10.3. The summed E-state index contributed by atoms with van der Waals surface area (Å²) in [4.78, 5) is 117. The van der Waals surface area contributed by atoms with Crippen LogP contribution < -0.4 is 48.7 Å². The molecular weight excluding hydrogens is 1190 g/mol. The average molecular weight is 1280 g/mol. The van der Waals surface area contributed by atoms with Gasteiger partial charge in [0.2, 0.25) is 41.4 Å². The number of aliphatic hydroxyl groups excluding tert-OH is 3. The van der Waals surface area contributed by atoms with Gasteiger partial charge in [0.25, 0.3) is 0 Å². The molecule has 0 saturated carbocycles. The third-order valence-electron chi connectivity index (χ3n) is 15.8. The lowest BCUT2D eigenvalue weighted by Crippen LogP contribution is -2.62. The molecule has 1 unspecified atom stereocenters. The average Bonchev–Trinajstić information content (AvgIpc) is 2.44. The van der Waals surface area contributed by atoms with Crippen LogP contribution in [0, 0.1) is 11.7 Å². The summed E-state index contributed by atoms with van der Waals surface area (Å²) in [7, 11) is 2.06. The lowest BCUT2D eigenvalue weighted by Gasteiger charge is -2.29. The van der Waals surface area contributed by atoms with Gasteiger partial charge in [0.1, 0.15) is 42.1 Å². The van der Waals surface area contributed by atoms with Crippen molar-refractivity contribution in [2.75, 3.05) is 44.3 Å². The summed E-state index contributed by atoms with van der Waals surface area (Å²) in [5.41, 5.74) is 15.6. The molecule has 0 radical (unpaired) electrons. The number of carbonyl (C=O) groups excluding carboxylic acids is 8. The molecule has 25 heteroatoms. The van der Waals surface area contributed by atoms with E-state index in [2.05, 4.69) is 54.0 Å². The fraction of sp³-hybridized carbons (Fsp3) is 0.477. The summed E-state index contributed by atoms with van der Waals surface area (Å²) in [5, 5.41) is 50.5. The molecule has 0 aliphatic carbocycles. The highest BCUT2D eigenvalue weighted by atomic mass is 33.1. The van der Waals surface area contributed by atoms with Gasteiger partial charge in [-0.3, -0.25) is 38.4 Å². The minimum atomic E-state index is -1.66. The van der Waals surface area contributed by atoms with E-state index in [0.717, 1.165) is 70.0 Å². The number of unbranched alkanes of at least 4 members (excludes halogenated alkanes) is 1. The minimum Gasteiger partial charge on any atom is -0.394 e. The molecule has 22 nitrogen and oxygen atoms in total. The summed E-state index contributed by atoms with van der Waals surface area (Å²) < 4.78 is 12.8. The van der Waals surface area contributed by atoms with E-state index >= 15 is 0 Å². The zero-order valence-electron chi connectivity index (χ0n) is 51.2. The Hall–Kier alpha value is -7.23. The first-order chi connectivity index (χ1) is 43.2. The number of rotatable bonds is 22. The number of Topliss-reactive ketones (excluding diaryl/α,β-unsaturated/α-hetero) is 1. The van der Waals surface area contributed by atoms with Crippen LogP contribution in [0.1, 0.15) is 92.8 Å². The molecule has 7 rings (SSSR count). The molecule has 2 fully saturated rings. The van der Waals surface area contributed by atoms with Crippen LogP contribution in [0.5, 0.6) is 0 Å². The number of aromatic amines is 1. The number of nitrogens with one attached hydrogen (secondary N) is 8. The third-order valence-corrected chi connectivity index (χ3v) is 18.2. The van der Waals surface area contributed by atoms with Gasteiger partial charge in [-0.25, -0.2) is 4.39 Å². The van der Waals surface area contributed by atoms with E-state index in [9.17, 15) is 58.1 Å². The minimum absolute atomic E-state index is 0.0340. The number of hydrogen-bond acceptors (Lipinski definition) is 16. The van der Waals surface area contributed by atoms with Crippen LogP contribution in [-0.4, -0.2) is 177 Å². The van der Waals surface area contributed by atoms with Gasteiger partial charge in [-0.2, -0.15) is 0 Å². The number of benzene rings is 4. The Kier molecular flexibility index (Phi) is 29.7. The van der Waals surface area contributed by atoms with Crippen LogP contribution in [0.2, 0.25) is 0 Å². The number of carbonyl (C=O) groups is 8. The number of amides is 7. The van der Waals surface area contributed by atoms with Crippen molar-refractivity contribution in [3.05, 3.63) is 143 Å². The smallest absolute Gasteiger partial charge is 0.245 e. The van der Waals surface area contributed by atoms with Crippen molar-refractivity contribution in [3.63, 3.8) is 0 Å². The molecule has 2 aliphatic rings. The first-order valence-electron chi connectivity index (χ1n) is 30.7. The van der Waals surface area contributed by atoms with Gasteiger partial charge in [0.05, 0.1) is 30.9 Å². The largest absolute Gasteiger partial charge is 0.394 e. The SMILES string of the molecule is CC(O)[C@@H]1NC(=O)[C@H](CCCCN)NC(=O)[C@@H](Cc2c[nH]c3ccccc23)NC(=O)[C@H](Cc2ccccc2)NC(=O)[C@@H](NC(=O)[C@H](N)Cc2ccccc2)CSSC[C@@H](C(=O)N[C@H](CO)[C@@H](C)O)NC1=O.CC1CCN(CCCC(=O)c2ccc(F)cc2)CC1. The Bertz CT molecular complexity index is 3100. The number of likely N-dealkylation sites (tertiary alicyclic amines) is 1. The lowest BCUT2D eigenvalue weighted by atomic mass is 9.99. The number of nitrogens with zero attached hydrogens (tertiary/aromatic N) is 1. The predicted molar refractivity (Wildman–Crippen MR) is 347 cm³/mol. The molecule has 10 atom stereocenters. The first kappa shape index (κ1) is 71.8. The molecule has 3 heterocycles. The molecule has 5 aromatic rings. The van der Waals surface area contributed by atoms with Crippen LogP contribution in [0.4, 0.5) is 4.39 Å². The van der Waals surface area contributed by atoms with Gasteiger partial charge in [-0.1, -0.05) is 107 Å². The summed E-state index contributed by atoms with van der Waals surface area (Å²) >= 11 is 0. The molecule has 7 amide bonds. The molecule has 0 bridgehead atoms. The molecule has 2 aliphatic heterocycles. The molecule has 90 heavy (non-hydrogen) atoms. The number of H-pyrrole nitrogens is 1. The Balaban J connectivity index is 0.000000574. The number of fused-ring (bicyclic) bond motifs is 1. The van der Waals surface area contributed by atoms with Crippen molar-refractivity contribution < 1.29 is 58.1 Å². The highest BCUT2D eigenvalue weighted by molar-refractivity contribution is 8.76. The van der Waals surface area contributed by atoms with E-state index < -0.39 is 108 Å². The van der Waals surface area contributed by atoms with Crippen molar-refractivity contribution in [2.45, 2.75) is 146 Å². The molecule has 488 valence electrons. The van der Waals surface area contributed by atoms with E-state index in [1.54, 1.807) is 72.9 Å². The zero-order valence-corrected chi connectivity index (χ0v) is 52.9. The highest BCUT2D eigenvalue weighted by Gasteiger charge is 2.37. The fourth-order valence-corrected chi connectivity index (χ4v) is 12.6. The van der Waals surface area contributed by atoms with Crippen LogP contribution >= 0.6 is 21.6 Å². The van der Waals surface area contributed by atoms with E-state index in [-0.39, 0.29) is 55.3 Å². The Morgan fingerprint density at radius 2 is 1.31 bits per heavy atom. The van der Waals surface area contributed by atoms with Crippen molar-refractivity contribution in [1.82, 2.24) is 47.1 Å². The quantitative estimate of drug-likeness (QED) is 0.0269. The number of para-hydroxylation sites is 1. The van der Waals surface area contributed by atoms with Crippen molar-refractivity contribution >= 4 is 79.6 Å². The zero-order chi connectivity index (χ0) is 65.1. The third kappa shape index (κ3) is 23.2. The Morgan fingerprint density at radius 3 is 1.96 bits per heavy atom. The van der Waals surface area contributed by atoms with Crippen LogP contribution in [-0.2, 0) is 52.8 Å². The first-order valence-corrected chi connectivity index (χ1v) is 33.2. The maximum absolute atomic E-state index is 14.7. The number of hydrogen-bond donors (Lipinski definition) is 13. The normalized spacial score (nSPS) is 21.7. The second-order valence-corrected chi connectivity index (χ2v) is 25.6. The summed E-state index contributed by atoms with van der Waals surface area (Å²) in [6, 6.07) is 20.4.